The van der Waals surface area contributed by atoms with E-state index in [2.05, 4.69) is 60.3 Å². The monoisotopic (exact) mass is 788 g/mol. The van der Waals surface area contributed by atoms with Crippen LogP contribution in [0.5, 0.6) is 23.0 Å². The molecule has 2 aromatic rings. The van der Waals surface area contributed by atoms with Gasteiger partial charge in [0.05, 0.1) is 6.42 Å². The molecule has 8 nitrogen and oxygen atoms in total. The predicted molar refractivity (Wildman–Crippen MR) is 232 cm³/mol. The highest BCUT2D eigenvalue weighted by atomic mass is 16.5. The molecule has 0 aliphatic heterocycles. The lowest BCUT2D eigenvalue weighted by molar-refractivity contribution is -0.137. The number of benzene rings is 2. The summed E-state index contributed by atoms with van der Waals surface area (Å²) in [5.74, 6) is 1.37. The Hall–Kier alpha value is -3.88. The summed E-state index contributed by atoms with van der Waals surface area (Å²) in [6.45, 7) is 19.2. The van der Waals surface area contributed by atoms with E-state index in [4.69, 9.17) is 14.6 Å². The van der Waals surface area contributed by atoms with Gasteiger partial charge in [0.1, 0.15) is 29.6 Å². The SMILES string of the molecule is C=C(C)C1CCC(C)=CC1c1c(O)cc(CCCCC)cc1OC(=O)CCN(C)C.CCCCCc1cc(O)c(C2C=C(C)CCC2C(C)C)c(OC(=O)CO)c1. The molecule has 316 valence electrons. The third-order valence-electron chi connectivity index (χ3n) is 11.5. The Labute approximate surface area is 344 Å². The number of rotatable bonds is 18. The Bertz CT molecular complexity index is 1700. The Kier molecular flexibility index (Phi) is 19.6. The number of ether oxygens (including phenoxy) is 2. The fourth-order valence-electron chi connectivity index (χ4n) is 8.30. The normalized spacial score (nSPS) is 19.4. The second-order valence-corrected chi connectivity index (χ2v) is 17.1. The Morgan fingerprint density at radius 2 is 1.28 bits per heavy atom. The topological polar surface area (TPSA) is 117 Å². The molecule has 0 saturated carbocycles. The van der Waals surface area contributed by atoms with Crippen LogP contribution in [0, 0.1) is 17.8 Å². The van der Waals surface area contributed by atoms with Gasteiger partial charge in [-0.2, -0.15) is 0 Å². The number of esters is 2. The highest BCUT2D eigenvalue weighted by Gasteiger charge is 2.33. The molecule has 8 heteroatoms. The third kappa shape index (κ3) is 14.5. The van der Waals surface area contributed by atoms with Gasteiger partial charge in [-0.15, -0.1) is 0 Å². The quantitative estimate of drug-likeness (QED) is 0.0592. The van der Waals surface area contributed by atoms with Crippen LogP contribution in [0.2, 0.25) is 0 Å². The van der Waals surface area contributed by atoms with Crippen molar-refractivity contribution in [2.24, 2.45) is 17.8 Å². The van der Waals surface area contributed by atoms with Crippen molar-refractivity contribution < 1.29 is 34.4 Å². The lowest BCUT2D eigenvalue weighted by Crippen LogP contribution is -2.23. The van der Waals surface area contributed by atoms with E-state index in [1.165, 1.54) is 11.1 Å². The zero-order chi connectivity index (χ0) is 42.2. The molecule has 2 aliphatic rings. The van der Waals surface area contributed by atoms with E-state index in [0.29, 0.717) is 41.9 Å². The van der Waals surface area contributed by atoms with Crippen LogP contribution in [-0.4, -0.2) is 59.4 Å². The number of carbonyl (C=O) groups is 2. The molecule has 4 unspecified atom stereocenters. The maximum atomic E-state index is 12.6. The van der Waals surface area contributed by atoms with Crippen molar-refractivity contribution in [3.8, 4) is 23.0 Å². The zero-order valence-corrected chi connectivity index (χ0v) is 36.6. The lowest BCUT2D eigenvalue weighted by atomic mass is 9.71. The number of aliphatic hydroxyl groups excluding tert-OH is 1. The van der Waals surface area contributed by atoms with Crippen molar-refractivity contribution in [1.82, 2.24) is 4.90 Å². The van der Waals surface area contributed by atoms with Crippen LogP contribution in [0.25, 0.3) is 0 Å². The van der Waals surface area contributed by atoms with Crippen molar-refractivity contribution >= 4 is 11.9 Å². The van der Waals surface area contributed by atoms with Gasteiger partial charge < -0.3 is 29.7 Å². The zero-order valence-electron chi connectivity index (χ0n) is 36.6. The number of phenols is 2. The molecule has 0 heterocycles. The molecule has 0 spiro atoms. The number of aryl methyl sites for hydroxylation is 2. The maximum Gasteiger partial charge on any atom is 0.337 e. The molecule has 0 amide bonds. The molecule has 0 fully saturated rings. The summed E-state index contributed by atoms with van der Waals surface area (Å²) in [6, 6.07) is 7.50. The first-order valence-electron chi connectivity index (χ1n) is 21.5. The standard InChI is InChI=1S/C26H39NO3.C23H34O4/c1-7-8-9-10-20-16-23(28)26(22-15-19(4)11-12-21(22)18(2)3)24(17-20)30-25(29)13-14-27(5)6;1-5-6-7-8-17-12-20(25)23(21(13-17)27-22(26)14-24)19-11-16(4)9-10-18(19)15(2)3/h15-17,21-22,28H,2,7-14H2,1,3-6H3;11-13,15,18-19,24-25H,5-10,14H2,1-4H3. The average molecular weight is 788 g/mol. The molecular formula is C49H73NO7. The number of aliphatic hydroxyl groups is 1. The fourth-order valence-corrected chi connectivity index (χ4v) is 8.30. The van der Waals surface area contributed by atoms with E-state index in [1.54, 1.807) is 0 Å². The Balaban J connectivity index is 0.000000307. The summed E-state index contributed by atoms with van der Waals surface area (Å²) in [5, 5.41) is 31.1. The summed E-state index contributed by atoms with van der Waals surface area (Å²) in [7, 11) is 3.87. The second-order valence-electron chi connectivity index (χ2n) is 17.1. The van der Waals surface area contributed by atoms with Crippen LogP contribution in [-0.2, 0) is 22.4 Å². The van der Waals surface area contributed by atoms with Crippen LogP contribution >= 0.6 is 0 Å². The molecule has 4 atom stereocenters. The minimum atomic E-state index is -0.695. The van der Waals surface area contributed by atoms with E-state index in [9.17, 15) is 19.8 Å². The smallest absolute Gasteiger partial charge is 0.337 e. The van der Waals surface area contributed by atoms with Gasteiger partial charge in [-0.3, -0.25) is 4.79 Å². The minimum absolute atomic E-state index is 0.00457. The van der Waals surface area contributed by atoms with E-state index in [1.807, 2.05) is 50.2 Å². The average Bonchev–Trinajstić information content (AvgIpc) is 3.14. The summed E-state index contributed by atoms with van der Waals surface area (Å²) < 4.78 is 11.3. The van der Waals surface area contributed by atoms with Gasteiger partial charge in [-0.1, -0.05) is 88.8 Å². The van der Waals surface area contributed by atoms with Crippen molar-refractivity contribution in [1.29, 1.82) is 0 Å². The van der Waals surface area contributed by atoms with E-state index in [0.717, 1.165) is 99.3 Å². The predicted octanol–water partition coefficient (Wildman–Crippen LogP) is 11.1. The Morgan fingerprint density at radius 3 is 1.75 bits per heavy atom. The van der Waals surface area contributed by atoms with Crippen LogP contribution in [0.1, 0.15) is 153 Å². The summed E-state index contributed by atoms with van der Waals surface area (Å²) in [5.41, 5.74) is 7.07. The van der Waals surface area contributed by atoms with Gasteiger partial charge in [0, 0.05) is 29.5 Å². The molecule has 0 aromatic heterocycles. The van der Waals surface area contributed by atoms with Gasteiger partial charge in [0.25, 0.3) is 0 Å². The molecule has 57 heavy (non-hydrogen) atoms. The first-order valence-corrected chi connectivity index (χ1v) is 21.5. The summed E-state index contributed by atoms with van der Waals surface area (Å²) >= 11 is 0. The maximum absolute atomic E-state index is 12.6. The molecule has 3 N–H and O–H groups in total. The van der Waals surface area contributed by atoms with E-state index >= 15 is 0 Å². The number of phenolic OH excluding ortho intramolecular Hbond substituents is 2. The van der Waals surface area contributed by atoms with Gasteiger partial charge >= 0.3 is 11.9 Å². The van der Waals surface area contributed by atoms with E-state index < -0.39 is 12.6 Å². The van der Waals surface area contributed by atoms with Crippen molar-refractivity contribution in [2.45, 2.75) is 144 Å². The molecule has 4 rings (SSSR count). The Morgan fingerprint density at radius 1 is 0.789 bits per heavy atom. The number of nitrogens with zero attached hydrogens (tertiary/aromatic N) is 1. The number of aromatic hydroxyl groups is 2. The van der Waals surface area contributed by atoms with Gasteiger partial charge in [0.15, 0.2) is 0 Å². The minimum Gasteiger partial charge on any atom is -0.507 e. The highest BCUT2D eigenvalue weighted by Crippen LogP contribution is 2.48. The molecule has 2 aromatic carbocycles. The van der Waals surface area contributed by atoms with Crippen molar-refractivity contribution in [2.75, 3.05) is 27.2 Å². The number of allylic oxidation sites excluding steroid dienone is 5. The van der Waals surface area contributed by atoms with Gasteiger partial charge in [-0.05, 0) is 139 Å². The lowest BCUT2D eigenvalue weighted by Gasteiger charge is -2.34. The van der Waals surface area contributed by atoms with Crippen LogP contribution in [0.3, 0.4) is 0 Å². The van der Waals surface area contributed by atoms with Gasteiger partial charge in [-0.25, -0.2) is 4.79 Å². The molecular weight excluding hydrogens is 715 g/mol. The van der Waals surface area contributed by atoms with Crippen molar-refractivity contribution in [3.63, 3.8) is 0 Å². The first-order chi connectivity index (χ1) is 27.1. The van der Waals surface area contributed by atoms with Gasteiger partial charge in [0.2, 0.25) is 0 Å². The highest BCUT2D eigenvalue weighted by molar-refractivity contribution is 5.75. The number of carbonyl (C=O) groups excluding carboxylic acids is 2. The number of hydrogen-bond donors (Lipinski definition) is 3. The van der Waals surface area contributed by atoms with Crippen LogP contribution in [0.4, 0.5) is 0 Å². The van der Waals surface area contributed by atoms with Crippen LogP contribution < -0.4 is 9.47 Å². The number of unbranched alkanes of at least 4 members (excludes halogenated alkanes) is 4. The molecule has 0 radical (unpaired) electrons. The summed E-state index contributed by atoms with van der Waals surface area (Å²) in [4.78, 5) is 26.3. The fraction of sp³-hybridized carbons (Fsp3) is 0.592. The molecule has 0 saturated heterocycles. The second kappa shape index (κ2) is 23.5. The van der Waals surface area contributed by atoms with Crippen molar-refractivity contribution in [3.05, 3.63) is 82.0 Å². The molecule has 2 aliphatic carbocycles. The largest absolute Gasteiger partial charge is 0.507 e. The number of hydrogen-bond acceptors (Lipinski definition) is 8. The first kappa shape index (κ1) is 47.5. The van der Waals surface area contributed by atoms with Crippen LogP contribution in [0.15, 0.2) is 59.7 Å². The third-order valence-corrected chi connectivity index (χ3v) is 11.5. The summed E-state index contributed by atoms with van der Waals surface area (Å²) in [6.07, 6.45) is 17.2. The molecule has 0 bridgehead atoms. The van der Waals surface area contributed by atoms with E-state index in [-0.39, 0.29) is 35.2 Å².